The second-order valence-electron chi connectivity index (χ2n) is 3.16. The van der Waals surface area contributed by atoms with E-state index in [0.717, 1.165) is 4.47 Å². The number of rotatable bonds is 4. The molecule has 0 bridgehead atoms. The maximum Gasteiger partial charge on any atom is 0.337 e. The lowest BCUT2D eigenvalue weighted by Crippen LogP contribution is -2.14. The monoisotopic (exact) mass is 269 g/mol. The Hall–Kier alpha value is -1.29. The molecule has 0 radical (unpaired) electrons. The molecular weight excluding hydrogens is 258 g/mol. The summed E-state index contributed by atoms with van der Waals surface area (Å²) < 4.78 is 0.839. The molecule has 0 saturated heterocycles. The molecule has 1 rings (SSSR count). The van der Waals surface area contributed by atoms with Crippen LogP contribution in [-0.4, -0.2) is 17.1 Å². The van der Waals surface area contributed by atoms with Crippen molar-refractivity contribution in [3.05, 3.63) is 40.9 Å². The Balaban J connectivity index is 3.07. The molecule has 1 unspecified atom stereocenters. The Bertz CT molecular complexity index is 390. The van der Waals surface area contributed by atoms with Crippen LogP contribution in [0.25, 0.3) is 0 Å². The third-order valence-electron chi connectivity index (χ3n) is 1.95. The summed E-state index contributed by atoms with van der Waals surface area (Å²) in [6.07, 6.45) is 1.71. The van der Waals surface area contributed by atoms with Crippen molar-refractivity contribution in [2.45, 2.75) is 13.0 Å². The summed E-state index contributed by atoms with van der Waals surface area (Å²) in [4.78, 5) is 10.9. The highest BCUT2D eigenvalue weighted by Crippen LogP contribution is 2.22. The fourth-order valence-electron chi connectivity index (χ4n) is 1.13. The Labute approximate surface area is 96.9 Å². The Morgan fingerprint density at radius 2 is 2.33 bits per heavy atom. The summed E-state index contributed by atoms with van der Waals surface area (Å²) in [7, 11) is 0. The fourth-order valence-corrected chi connectivity index (χ4v) is 1.49. The van der Waals surface area contributed by atoms with Gasteiger partial charge in [-0.25, -0.2) is 4.79 Å². The normalized spacial score (nSPS) is 11.9. The van der Waals surface area contributed by atoms with Crippen molar-refractivity contribution >= 4 is 27.6 Å². The molecule has 1 aromatic carbocycles. The summed E-state index contributed by atoms with van der Waals surface area (Å²) in [5.74, 6) is -0.943. The van der Waals surface area contributed by atoms with Gasteiger partial charge in [-0.2, -0.15) is 0 Å². The molecule has 1 atom stereocenters. The first-order chi connectivity index (χ1) is 7.04. The second-order valence-corrected chi connectivity index (χ2v) is 4.08. The Morgan fingerprint density at radius 3 is 2.87 bits per heavy atom. The first kappa shape index (κ1) is 11.8. The van der Waals surface area contributed by atoms with Crippen molar-refractivity contribution < 1.29 is 9.90 Å². The molecule has 0 aliphatic carbocycles. The van der Waals surface area contributed by atoms with Crippen LogP contribution in [0.5, 0.6) is 0 Å². The molecule has 0 aromatic heterocycles. The van der Waals surface area contributed by atoms with E-state index in [9.17, 15) is 4.79 Å². The number of halogens is 1. The quantitative estimate of drug-likeness (QED) is 0.826. The van der Waals surface area contributed by atoms with Gasteiger partial charge < -0.3 is 10.4 Å². The number of benzene rings is 1. The molecule has 1 aromatic rings. The standard InChI is InChI=1S/C11H12BrNO2/c1-3-7(2)13-10-6-8(12)4-5-9(10)11(14)15/h3-7,13H,1H2,2H3,(H,14,15). The topological polar surface area (TPSA) is 49.3 Å². The second kappa shape index (κ2) is 4.98. The van der Waals surface area contributed by atoms with E-state index in [1.54, 1.807) is 24.3 Å². The molecule has 0 spiro atoms. The maximum absolute atomic E-state index is 10.9. The predicted octanol–water partition coefficient (Wildman–Crippen LogP) is 3.13. The highest BCUT2D eigenvalue weighted by Gasteiger charge is 2.10. The lowest BCUT2D eigenvalue weighted by Gasteiger charge is -2.13. The molecule has 0 heterocycles. The minimum absolute atomic E-state index is 0.0254. The molecule has 15 heavy (non-hydrogen) atoms. The van der Waals surface area contributed by atoms with Gasteiger partial charge in [0.25, 0.3) is 0 Å². The fraction of sp³-hybridized carbons (Fsp3) is 0.182. The minimum atomic E-state index is -0.943. The molecule has 4 heteroatoms. The molecule has 0 saturated carbocycles. The van der Waals surface area contributed by atoms with E-state index in [1.807, 2.05) is 6.92 Å². The summed E-state index contributed by atoms with van der Waals surface area (Å²) in [6.45, 7) is 5.53. The lowest BCUT2D eigenvalue weighted by atomic mass is 10.1. The van der Waals surface area contributed by atoms with Crippen LogP contribution in [-0.2, 0) is 0 Å². The van der Waals surface area contributed by atoms with E-state index in [0.29, 0.717) is 5.69 Å². The first-order valence-corrected chi connectivity index (χ1v) is 5.26. The largest absolute Gasteiger partial charge is 0.478 e. The van der Waals surface area contributed by atoms with Crippen LogP contribution in [0.1, 0.15) is 17.3 Å². The van der Waals surface area contributed by atoms with Crippen LogP contribution in [0, 0.1) is 0 Å². The Morgan fingerprint density at radius 1 is 1.67 bits per heavy atom. The van der Waals surface area contributed by atoms with Gasteiger partial charge in [-0.15, -0.1) is 6.58 Å². The lowest BCUT2D eigenvalue weighted by molar-refractivity contribution is 0.0698. The highest BCUT2D eigenvalue weighted by molar-refractivity contribution is 9.10. The van der Waals surface area contributed by atoms with Gasteiger partial charge in [0, 0.05) is 10.5 Å². The van der Waals surface area contributed by atoms with Crippen LogP contribution < -0.4 is 5.32 Å². The molecule has 0 fully saturated rings. The van der Waals surface area contributed by atoms with Crippen molar-refractivity contribution in [3.8, 4) is 0 Å². The van der Waals surface area contributed by atoms with Gasteiger partial charge in [0.05, 0.1) is 11.3 Å². The summed E-state index contributed by atoms with van der Waals surface area (Å²) >= 11 is 3.30. The number of carboxylic acids is 1. The molecule has 3 nitrogen and oxygen atoms in total. The van der Waals surface area contributed by atoms with E-state index < -0.39 is 5.97 Å². The van der Waals surface area contributed by atoms with Crippen LogP contribution in [0.3, 0.4) is 0 Å². The van der Waals surface area contributed by atoms with Gasteiger partial charge in [-0.05, 0) is 25.1 Å². The van der Waals surface area contributed by atoms with Crippen molar-refractivity contribution in [3.63, 3.8) is 0 Å². The van der Waals surface area contributed by atoms with Crippen molar-refractivity contribution in [1.29, 1.82) is 0 Å². The van der Waals surface area contributed by atoms with Gasteiger partial charge >= 0.3 is 5.97 Å². The van der Waals surface area contributed by atoms with Gasteiger partial charge in [0.15, 0.2) is 0 Å². The van der Waals surface area contributed by atoms with E-state index in [-0.39, 0.29) is 11.6 Å². The molecule has 0 aliphatic heterocycles. The molecule has 2 N–H and O–H groups in total. The van der Waals surface area contributed by atoms with Gasteiger partial charge in [-0.1, -0.05) is 22.0 Å². The van der Waals surface area contributed by atoms with Gasteiger partial charge in [0.2, 0.25) is 0 Å². The van der Waals surface area contributed by atoms with Crippen molar-refractivity contribution in [2.24, 2.45) is 0 Å². The van der Waals surface area contributed by atoms with E-state index in [2.05, 4.69) is 27.8 Å². The number of hydrogen-bond acceptors (Lipinski definition) is 2. The SMILES string of the molecule is C=CC(C)Nc1cc(Br)ccc1C(=O)O. The molecular formula is C11H12BrNO2. The number of nitrogens with one attached hydrogen (secondary N) is 1. The first-order valence-electron chi connectivity index (χ1n) is 4.46. The third kappa shape index (κ3) is 3.09. The van der Waals surface area contributed by atoms with E-state index >= 15 is 0 Å². The number of carbonyl (C=O) groups is 1. The van der Waals surface area contributed by atoms with Gasteiger partial charge in [-0.3, -0.25) is 0 Å². The number of carboxylic acid groups (broad SMARTS) is 1. The number of hydrogen-bond donors (Lipinski definition) is 2. The maximum atomic E-state index is 10.9. The smallest absolute Gasteiger partial charge is 0.337 e. The van der Waals surface area contributed by atoms with Crippen molar-refractivity contribution in [2.75, 3.05) is 5.32 Å². The molecule has 80 valence electrons. The average molecular weight is 270 g/mol. The Kier molecular flexibility index (Phi) is 3.91. The van der Waals surface area contributed by atoms with Crippen LogP contribution in [0.15, 0.2) is 35.3 Å². The zero-order chi connectivity index (χ0) is 11.4. The van der Waals surface area contributed by atoms with Crippen LogP contribution in [0.4, 0.5) is 5.69 Å². The summed E-state index contributed by atoms with van der Waals surface area (Å²) in [6, 6.07) is 5.03. The average Bonchev–Trinajstić information content (AvgIpc) is 2.17. The van der Waals surface area contributed by atoms with Crippen LogP contribution >= 0.6 is 15.9 Å². The zero-order valence-electron chi connectivity index (χ0n) is 8.33. The minimum Gasteiger partial charge on any atom is -0.478 e. The number of aromatic carboxylic acids is 1. The van der Waals surface area contributed by atoms with E-state index in [4.69, 9.17) is 5.11 Å². The highest BCUT2D eigenvalue weighted by atomic mass is 79.9. The third-order valence-corrected chi connectivity index (χ3v) is 2.44. The molecule has 0 amide bonds. The summed E-state index contributed by atoms with van der Waals surface area (Å²) in [5, 5.41) is 12.0. The van der Waals surface area contributed by atoms with Gasteiger partial charge in [0.1, 0.15) is 0 Å². The molecule has 0 aliphatic rings. The number of anilines is 1. The predicted molar refractivity (Wildman–Crippen MR) is 64.4 cm³/mol. The summed E-state index contributed by atoms with van der Waals surface area (Å²) in [5.41, 5.74) is 0.844. The zero-order valence-corrected chi connectivity index (χ0v) is 9.91. The van der Waals surface area contributed by atoms with E-state index in [1.165, 1.54) is 0 Å². The van der Waals surface area contributed by atoms with Crippen molar-refractivity contribution in [1.82, 2.24) is 0 Å². The van der Waals surface area contributed by atoms with Crippen LogP contribution in [0.2, 0.25) is 0 Å².